The fraction of sp³-hybridized carbons (Fsp3) is 0.400. The quantitative estimate of drug-likeness (QED) is 0.656. The largest absolute Gasteiger partial charge is 0.356 e. The fourth-order valence-corrected chi connectivity index (χ4v) is 5.61. The van der Waals surface area contributed by atoms with Crippen molar-refractivity contribution in [1.29, 1.82) is 0 Å². The second kappa shape index (κ2) is 7.52. The number of piperidine rings is 1. The Labute approximate surface area is 165 Å². The highest BCUT2D eigenvalue weighted by Crippen LogP contribution is 2.27. The average molecular weight is 401 g/mol. The first-order chi connectivity index (χ1) is 13.5. The van der Waals surface area contributed by atoms with Gasteiger partial charge in [0.05, 0.1) is 17.9 Å². The van der Waals surface area contributed by atoms with E-state index in [0.717, 1.165) is 24.8 Å². The van der Waals surface area contributed by atoms with Crippen LogP contribution in [0.3, 0.4) is 0 Å². The summed E-state index contributed by atoms with van der Waals surface area (Å²) in [6.45, 7) is 5.07. The summed E-state index contributed by atoms with van der Waals surface area (Å²) in [6, 6.07) is 11.6. The molecule has 0 unspecified atom stereocenters. The summed E-state index contributed by atoms with van der Waals surface area (Å²) in [6.07, 6.45) is 2.90. The molecule has 3 heterocycles. The molecule has 0 N–H and O–H groups in total. The van der Waals surface area contributed by atoms with E-state index in [4.69, 9.17) is 4.52 Å². The van der Waals surface area contributed by atoms with Crippen molar-refractivity contribution in [2.24, 2.45) is 0 Å². The molecule has 1 aromatic carbocycles. The van der Waals surface area contributed by atoms with Gasteiger partial charge in [0.25, 0.3) is 0 Å². The van der Waals surface area contributed by atoms with E-state index in [1.54, 1.807) is 22.8 Å². The molecule has 0 spiro atoms. The monoisotopic (exact) mass is 400 g/mol. The highest BCUT2D eigenvalue weighted by atomic mass is 32.2. The molecular weight excluding hydrogens is 376 g/mol. The molecule has 1 fully saturated rings. The Hall–Kier alpha value is -2.45. The Balaban J connectivity index is 1.61. The Morgan fingerprint density at radius 2 is 1.79 bits per heavy atom. The second-order valence-corrected chi connectivity index (χ2v) is 9.05. The number of nitrogens with zero attached hydrogens (tertiary/aromatic N) is 4. The molecule has 1 aliphatic rings. The molecule has 2 aromatic heterocycles. The molecule has 0 amide bonds. The lowest BCUT2D eigenvalue weighted by molar-refractivity contribution is 0.346. The maximum absolute atomic E-state index is 13.1. The van der Waals surface area contributed by atoms with Crippen molar-refractivity contribution in [3.63, 3.8) is 0 Å². The third-order valence-corrected chi connectivity index (χ3v) is 7.31. The molecule has 148 valence electrons. The normalized spacial score (nSPS) is 15.8. The number of rotatable bonds is 5. The summed E-state index contributed by atoms with van der Waals surface area (Å²) in [7, 11) is -3.53. The standard InChI is InChI=1S/C20H24N4O3S/c1-15-20(28(25,26)23-11-7-4-8-12-23)16(2)24(21-15)14-18-13-19(27-22-18)17-9-5-3-6-10-17/h3,5-6,9-10,13H,4,7-8,11-12,14H2,1-2H3. The van der Waals surface area contributed by atoms with Gasteiger partial charge in [-0.2, -0.15) is 9.40 Å². The van der Waals surface area contributed by atoms with Crippen LogP contribution in [0, 0.1) is 13.8 Å². The van der Waals surface area contributed by atoms with Crippen molar-refractivity contribution in [3.05, 3.63) is 53.5 Å². The number of aromatic nitrogens is 3. The van der Waals surface area contributed by atoms with Crippen LogP contribution in [0.5, 0.6) is 0 Å². The Kier molecular flexibility index (Phi) is 5.07. The van der Waals surface area contributed by atoms with Gasteiger partial charge in [-0.25, -0.2) is 8.42 Å². The van der Waals surface area contributed by atoms with Crippen molar-refractivity contribution in [2.45, 2.75) is 44.6 Å². The van der Waals surface area contributed by atoms with Gasteiger partial charge < -0.3 is 4.52 Å². The second-order valence-electron chi connectivity index (χ2n) is 7.17. The molecule has 28 heavy (non-hydrogen) atoms. The Morgan fingerprint density at radius 1 is 1.07 bits per heavy atom. The van der Waals surface area contributed by atoms with Crippen molar-refractivity contribution in [2.75, 3.05) is 13.1 Å². The van der Waals surface area contributed by atoms with Gasteiger partial charge in [0.1, 0.15) is 10.6 Å². The third kappa shape index (κ3) is 3.49. The minimum absolute atomic E-state index is 0.321. The van der Waals surface area contributed by atoms with Crippen molar-refractivity contribution < 1.29 is 12.9 Å². The number of aryl methyl sites for hydroxylation is 1. The number of benzene rings is 1. The SMILES string of the molecule is Cc1nn(Cc2cc(-c3ccccc3)on2)c(C)c1S(=O)(=O)N1CCCCC1. The number of sulfonamides is 1. The first-order valence-corrected chi connectivity index (χ1v) is 11.0. The summed E-state index contributed by atoms with van der Waals surface area (Å²) in [5.74, 6) is 0.679. The van der Waals surface area contributed by atoms with Gasteiger partial charge in [0.2, 0.25) is 10.0 Å². The first-order valence-electron chi connectivity index (χ1n) is 9.52. The summed E-state index contributed by atoms with van der Waals surface area (Å²) in [4.78, 5) is 0.321. The van der Waals surface area contributed by atoms with Crippen molar-refractivity contribution in [3.8, 4) is 11.3 Å². The molecule has 1 saturated heterocycles. The molecule has 7 nitrogen and oxygen atoms in total. The van der Waals surface area contributed by atoms with Gasteiger partial charge in [-0.05, 0) is 26.7 Å². The van der Waals surface area contributed by atoms with E-state index in [1.165, 1.54) is 0 Å². The smallest absolute Gasteiger partial charge is 0.246 e. The zero-order chi connectivity index (χ0) is 19.7. The highest BCUT2D eigenvalue weighted by molar-refractivity contribution is 7.89. The van der Waals surface area contributed by atoms with Gasteiger partial charge >= 0.3 is 0 Å². The van der Waals surface area contributed by atoms with Gasteiger partial charge in [-0.1, -0.05) is 41.9 Å². The van der Waals surface area contributed by atoms with Crippen LogP contribution in [-0.4, -0.2) is 40.7 Å². The molecule has 3 aromatic rings. The van der Waals surface area contributed by atoms with E-state index < -0.39 is 10.0 Å². The lowest BCUT2D eigenvalue weighted by atomic mass is 10.2. The summed E-state index contributed by atoms with van der Waals surface area (Å²) < 4.78 is 35.0. The molecule has 0 saturated carbocycles. The van der Waals surface area contributed by atoms with Crippen LogP contribution in [0.25, 0.3) is 11.3 Å². The Morgan fingerprint density at radius 3 is 2.50 bits per heavy atom. The third-order valence-electron chi connectivity index (χ3n) is 5.16. The van der Waals surface area contributed by atoms with Crippen LogP contribution in [0.4, 0.5) is 0 Å². The molecule has 0 aliphatic carbocycles. The molecule has 8 heteroatoms. The zero-order valence-corrected chi connectivity index (χ0v) is 16.9. The lowest BCUT2D eigenvalue weighted by Gasteiger charge is -2.25. The van der Waals surface area contributed by atoms with Crippen molar-refractivity contribution in [1.82, 2.24) is 19.2 Å². The minimum Gasteiger partial charge on any atom is -0.356 e. The summed E-state index contributed by atoms with van der Waals surface area (Å²) in [5.41, 5.74) is 2.80. The summed E-state index contributed by atoms with van der Waals surface area (Å²) >= 11 is 0. The molecule has 0 bridgehead atoms. The van der Waals surface area contributed by atoms with Crippen LogP contribution in [0.15, 0.2) is 45.8 Å². The van der Waals surface area contributed by atoms with Crippen LogP contribution < -0.4 is 0 Å². The molecule has 0 atom stereocenters. The number of hydrogen-bond donors (Lipinski definition) is 0. The molecule has 4 rings (SSSR count). The van der Waals surface area contributed by atoms with Crippen molar-refractivity contribution >= 4 is 10.0 Å². The van der Waals surface area contributed by atoms with Gasteiger partial charge in [0.15, 0.2) is 5.76 Å². The van der Waals surface area contributed by atoms with E-state index in [9.17, 15) is 8.42 Å². The van der Waals surface area contributed by atoms with Gasteiger partial charge in [0, 0.05) is 24.7 Å². The van der Waals surface area contributed by atoms with E-state index in [-0.39, 0.29) is 0 Å². The maximum Gasteiger partial charge on any atom is 0.246 e. The molecular formula is C20H24N4O3S. The summed E-state index contributed by atoms with van der Waals surface area (Å²) in [5, 5.41) is 8.60. The fourth-order valence-electron chi connectivity index (χ4n) is 3.72. The molecule has 1 aliphatic heterocycles. The first kappa shape index (κ1) is 18.9. The number of hydrogen-bond acceptors (Lipinski definition) is 5. The average Bonchev–Trinajstić information content (AvgIpc) is 3.28. The van der Waals surface area contributed by atoms with E-state index in [0.29, 0.717) is 47.4 Å². The zero-order valence-electron chi connectivity index (χ0n) is 16.1. The maximum atomic E-state index is 13.1. The van der Waals surface area contributed by atoms with Gasteiger partial charge in [-0.15, -0.1) is 0 Å². The van der Waals surface area contributed by atoms with Crippen LogP contribution in [0.1, 0.15) is 36.3 Å². The predicted molar refractivity (Wildman–Crippen MR) is 105 cm³/mol. The molecule has 0 radical (unpaired) electrons. The topological polar surface area (TPSA) is 81.2 Å². The Bertz CT molecular complexity index is 1060. The van der Waals surface area contributed by atoms with Gasteiger partial charge in [-0.3, -0.25) is 4.68 Å². The van der Waals surface area contributed by atoms with Crippen LogP contribution in [0.2, 0.25) is 0 Å². The minimum atomic E-state index is -3.53. The van der Waals surface area contributed by atoms with Crippen LogP contribution >= 0.6 is 0 Å². The lowest BCUT2D eigenvalue weighted by Crippen LogP contribution is -2.36. The van der Waals surface area contributed by atoms with E-state index in [1.807, 2.05) is 36.4 Å². The highest BCUT2D eigenvalue weighted by Gasteiger charge is 2.31. The van der Waals surface area contributed by atoms with Crippen LogP contribution in [-0.2, 0) is 16.6 Å². The predicted octanol–water partition coefficient (Wildman–Crippen LogP) is 3.38. The van der Waals surface area contributed by atoms with E-state index >= 15 is 0 Å². The van der Waals surface area contributed by atoms with E-state index in [2.05, 4.69) is 10.3 Å².